The fourth-order valence-electron chi connectivity index (χ4n) is 2.50. The molecule has 1 fully saturated rings. The second-order valence-electron chi connectivity index (χ2n) is 5.95. The van der Waals surface area contributed by atoms with E-state index in [2.05, 4.69) is 10.3 Å². The molecule has 2 aromatic rings. The third-order valence-electron chi connectivity index (χ3n) is 3.90. The summed E-state index contributed by atoms with van der Waals surface area (Å²) in [5, 5.41) is 2.84. The summed E-state index contributed by atoms with van der Waals surface area (Å²) < 4.78 is 7.15. The molecule has 7 heteroatoms. The van der Waals surface area contributed by atoms with Crippen molar-refractivity contribution in [1.82, 2.24) is 14.9 Å². The highest BCUT2D eigenvalue weighted by molar-refractivity contribution is 7.97. The number of amides is 1. The summed E-state index contributed by atoms with van der Waals surface area (Å²) in [4.78, 5) is 28.7. The zero-order valence-electron chi connectivity index (χ0n) is 13.8. The van der Waals surface area contributed by atoms with E-state index in [1.165, 1.54) is 0 Å². The van der Waals surface area contributed by atoms with Gasteiger partial charge in [0.05, 0.1) is 16.8 Å². The van der Waals surface area contributed by atoms with Gasteiger partial charge in [-0.1, -0.05) is 12.1 Å². The lowest BCUT2D eigenvalue weighted by molar-refractivity contribution is -0.155. The summed E-state index contributed by atoms with van der Waals surface area (Å²) in [6.07, 6.45) is 3.22. The van der Waals surface area contributed by atoms with Gasteiger partial charge >= 0.3 is 5.97 Å². The van der Waals surface area contributed by atoms with Crippen molar-refractivity contribution in [3.63, 3.8) is 0 Å². The van der Waals surface area contributed by atoms with Gasteiger partial charge in [-0.05, 0) is 38.2 Å². The Bertz CT molecular complexity index is 755. The zero-order valence-corrected chi connectivity index (χ0v) is 14.6. The van der Waals surface area contributed by atoms with E-state index in [4.69, 9.17) is 4.74 Å². The Morgan fingerprint density at radius 1 is 1.42 bits per heavy atom. The number of hydrogen-bond acceptors (Lipinski definition) is 5. The minimum absolute atomic E-state index is 0.0530. The first-order valence-corrected chi connectivity index (χ1v) is 9.41. The van der Waals surface area contributed by atoms with Gasteiger partial charge in [-0.25, -0.2) is 4.98 Å². The number of benzene rings is 1. The smallest absolute Gasteiger partial charge is 0.326 e. The molecule has 1 heterocycles. The zero-order chi connectivity index (χ0) is 17.1. The number of fused-ring (bicyclic) bond motifs is 1. The van der Waals surface area contributed by atoms with Gasteiger partial charge < -0.3 is 14.6 Å². The SMILES string of the molecule is CSCc1nc2ccccc2n1CC(=O)O[C@H](C)C(=O)NC1CC1. The standard InChI is InChI=1S/C17H21N3O3S/c1-11(17(22)18-12-7-8-12)23-16(21)9-20-14-6-4-3-5-13(14)19-15(20)10-24-2/h3-6,11-12H,7-10H2,1-2H3,(H,18,22)/t11-/m1/s1. The van der Waals surface area contributed by atoms with Crippen LogP contribution in [0.4, 0.5) is 0 Å². The molecule has 1 aromatic heterocycles. The monoisotopic (exact) mass is 347 g/mol. The molecule has 1 aromatic carbocycles. The highest BCUT2D eigenvalue weighted by Crippen LogP contribution is 2.20. The fraction of sp³-hybridized carbons (Fsp3) is 0.471. The number of hydrogen-bond donors (Lipinski definition) is 1. The number of para-hydroxylation sites is 2. The molecular weight excluding hydrogens is 326 g/mol. The molecule has 1 saturated carbocycles. The van der Waals surface area contributed by atoms with Crippen molar-refractivity contribution in [3.8, 4) is 0 Å². The van der Waals surface area contributed by atoms with E-state index in [-0.39, 0.29) is 18.5 Å². The Morgan fingerprint density at radius 3 is 2.88 bits per heavy atom. The van der Waals surface area contributed by atoms with Crippen molar-refractivity contribution >= 4 is 34.7 Å². The highest BCUT2D eigenvalue weighted by Gasteiger charge is 2.27. The molecule has 0 bridgehead atoms. The van der Waals surface area contributed by atoms with E-state index in [1.54, 1.807) is 18.7 Å². The van der Waals surface area contributed by atoms with Gasteiger partial charge in [0, 0.05) is 6.04 Å². The first-order valence-electron chi connectivity index (χ1n) is 8.01. The molecular formula is C17H21N3O3S. The van der Waals surface area contributed by atoms with E-state index < -0.39 is 12.1 Å². The van der Waals surface area contributed by atoms with Gasteiger partial charge in [0.1, 0.15) is 12.4 Å². The molecule has 0 unspecified atom stereocenters. The summed E-state index contributed by atoms with van der Waals surface area (Å²) in [5.74, 6) is 0.875. The highest BCUT2D eigenvalue weighted by atomic mass is 32.2. The molecule has 0 radical (unpaired) electrons. The van der Waals surface area contributed by atoms with E-state index in [0.717, 1.165) is 29.7 Å². The molecule has 1 N–H and O–H groups in total. The number of carbonyl (C=O) groups excluding carboxylic acids is 2. The largest absolute Gasteiger partial charge is 0.451 e. The lowest BCUT2D eigenvalue weighted by atomic mass is 10.3. The number of esters is 1. The number of thioether (sulfide) groups is 1. The third kappa shape index (κ3) is 3.90. The van der Waals surface area contributed by atoms with Crippen molar-refractivity contribution in [2.45, 2.75) is 44.2 Å². The molecule has 6 nitrogen and oxygen atoms in total. The fourth-order valence-corrected chi connectivity index (χ4v) is 2.98. The molecule has 1 aliphatic rings. The van der Waals surface area contributed by atoms with Gasteiger partial charge in [-0.2, -0.15) is 11.8 Å². The maximum absolute atomic E-state index is 12.3. The van der Waals surface area contributed by atoms with Gasteiger partial charge in [-0.3, -0.25) is 9.59 Å². The predicted molar refractivity (Wildman–Crippen MR) is 93.7 cm³/mol. The van der Waals surface area contributed by atoms with E-state index >= 15 is 0 Å². The normalized spacial score (nSPS) is 15.2. The molecule has 3 rings (SSSR count). The summed E-state index contributed by atoms with van der Waals surface area (Å²) in [6, 6.07) is 7.95. The lowest BCUT2D eigenvalue weighted by Gasteiger charge is -2.14. The van der Waals surface area contributed by atoms with E-state index in [9.17, 15) is 9.59 Å². The van der Waals surface area contributed by atoms with Crippen LogP contribution < -0.4 is 5.32 Å². The number of aromatic nitrogens is 2. The van der Waals surface area contributed by atoms with Crippen LogP contribution in [0.2, 0.25) is 0 Å². The number of ether oxygens (including phenoxy) is 1. The Labute approximate surface area is 145 Å². The Morgan fingerprint density at radius 2 is 2.17 bits per heavy atom. The second kappa shape index (κ2) is 7.25. The van der Waals surface area contributed by atoms with Crippen LogP contribution in [-0.4, -0.2) is 39.8 Å². The maximum atomic E-state index is 12.3. The number of carbonyl (C=O) groups is 2. The molecule has 0 spiro atoms. The number of nitrogens with one attached hydrogen (secondary N) is 1. The van der Waals surface area contributed by atoms with Crippen LogP contribution in [0, 0.1) is 0 Å². The van der Waals surface area contributed by atoms with Gasteiger partial charge in [0.15, 0.2) is 6.10 Å². The van der Waals surface area contributed by atoms with Crippen LogP contribution in [0.15, 0.2) is 24.3 Å². The molecule has 1 atom stereocenters. The molecule has 0 aliphatic heterocycles. The number of imidazole rings is 1. The predicted octanol–water partition coefficient (Wildman–Crippen LogP) is 2.11. The molecule has 128 valence electrons. The Balaban J connectivity index is 1.69. The second-order valence-corrected chi connectivity index (χ2v) is 6.82. The first kappa shape index (κ1) is 16.8. The lowest BCUT2D eigenvalue weighted by Crippen LogP contribution is -2.37. The van der Waals surface area contributed by atoms with E-state index in [0.29, 0.717) is 5.75 Å². The van der Waals surface area contributed by atoms with Crippen LogP contribution in [0.3, 0.4) is 0 Å². The average molecular weight is 347 g/mol. The van der Waals surface area contributed by atoms with Gasteiger partial charge in [0.2, 0.25) is 0 Å². The summed E-state index contributed by atoms with van der Waals surface area (Å²) in [7, 11) is 0. The average Bonchev–Trinajstić information content (AvgIpc) is 3.30. The summed E-state index contributed by atoms with van der Waals surface area (Å²) >= 11 is 1.64. The molecule has 1 amide bonds. The quantitative estimate of drug-likeness (QED) is 0.777. The van der Waals surface area contributed by atoms with Crippen molar-refractivity contribution in [2.24, 2.45) is 0 Å². The van der Waals surface area contributed by atoms with Crippen LogP contribution in [0.25, 0.3) is 11.0 Å². The van der Waals surface area contributed by atoms with Crippen molar-refractivity contribution in [3.05, 3.63) is 30.1 Å². The summed E-state index contributed by atoms with van der Waals surface area (Å²) in [5.41, 5.74) is 1.75. The Hall–Kier alpha value is -2.02. The van der Waals surface area contributed by atoms with Crippen LogP contribution in [0.1, 0.15) is 25.6 Å². The van der Waals surface area contributed by atoms with Gasteiger partial charge in [0.25, 0.3) is 5.91 Å². The number of nitrogens with zero attached hydrogens (tertiary/aromatic N) is 2. The van der Waals surface area contributed by atoms with Crippen molar-refractivity contribution in [1.29, 1.82) is 0 Å². The van der Waals surface area contributed by atoms with Gasteiger partial charge in [-0.15, -0.1) is 0 Å². The van der Waals surface area contributed by atoms with Crippen LogP contribution in [0.5, 0.6) is 0 Å². The Kier molecular flexibility index (Phi) is 5.08. The molecule has 0 saturated heterocycles. The van der Waals surface area contributed by atoms with Crippen molar-refractivity contribution < 1.29 is 14.3 Å². The van der Waals surface area contributed by atoms with Crippen LogP contribution in [-0.2, 0) is 26.6 Å². The van der Waals surface area contributed by atoms with Crippen LogP contribution >= 0.6 is 11.8 Å². The minimum Gasteiger partial charge on any atom is -0.451 e. The third-order valence-corrected chi connectivity index (χ3v) is 4.44. The maximum Gasteiger partial charge on any atom is 0.326 e. The summed E-state index contributed by atoms with van der Waals surface area (Å²) in [6.45, 7) is 1.65. The number of rotatable bonds is 7. The van der Waals surface area contributed by atoms with E-state index in [1.807, 2.05) is 35.1 Å². The minimum atomic E-state index is -0.781. The first-order chi connectivity index (χ1) is 11.6. The van der Waals surface area contributed by atoms with Crippen molar-refractivity contribution in [2.75, 3.05) is 6.26 Å². The molecule has 1 aliphatic carbocycles. The topological polar surface area (TPSA) is 73.2 Å². The molecule has 24 heavy (non-hydrogen) atoms.